The molecule has 1 saturated heterocycles. The van der Waals surface area contributed by atoms with Crippen LogP contribution < -0.4 is 5.32 Å². The summed E-state index contributed by atoms with van der Waals surface area (Å²) >= 11 is 1.91. The van der Waals surface area contributed by atoms with Gasteiger partial charge in [-0.05, 0) is 24.9 Å². The third-order valence-electron chi connectivity index (χ3n) is 3.63. The highest BCUT2D eigenvalue weighted by atomic mass is 32.2. The van der Waals surface area contributed by atoms with Gasteiger partial charge in [-0.15, -0.1) is 0 Å². The number of nitrogens with zero attached hydrogens (tertiary/aromatic N) is 1. The number of aliphatic hydroxyl groups excluding tert-OH is 1. The zero-order valence-corrected chi connectivity index (χ0v) is 13.1. The van der Waals surface area contributed by atoms with Gasteiger partial charge in [0.2, 0.25) is 5.91 Å². The number of carbonyl (C=O) groups excluding carboxylic acids is 1. The van der Waals surface area contributed by atoms with E-state index >= 15 is 0 Å². The number of carbonyl (C=O) groups is 1. The summed E-state index contributed by atoms with van der Waals surface area (Å²) in [5, 5.41) is 12.2. The number of hydrogen-bond acceptors (Lipinski definition) is 4. The average molecular weight is 308 g/mol. The second-order valence-electron chi connectivity index (χ2n) is 5.21. The highest BCUT2D eigenvalue weighted by Gasteiger charge is 2.25. The summed E-state index contributed by atoms with van der Waals surface area (Å²) in [5.41, 5.74) is 1.17. The van der Waals surface area contributed by atoms with E-state index in [-0.39, 0.29) is 18.6 Å². The zero-order valence-electron chi connectivity index (χ0n) is 12.3. The van der Waals surface area contributed by atoms with Crippen molar-refractivity contribution in [2.24, 2.45) is 0 Å². The lowest BCUT2D eigenvalue weighted by Gasteiger charge is -2.30. The molecule has 1 aromatic rings. The third kappa shape index (κ3) is 5.34. The van der Waals surface area contributed by atoms with Crippen molar-refractivity contribution in [1.82, 2.24) is 10.2 Å². The van der Waals surface area contributed by atoms with Crippen LogP contribution in [-0.2, 0) is 11.2 Å². The standard InChI is InChI=1S/C16H24N2O2S/c19-10-4-7-17-15(13-14-5-2-1-3-6-14)16(20)18-8-11-21-12-9-18/h1-3,5-6,15,17,19H,4,7-13H2/t15-/m0/s1. The van der Waals surface area contributed by atoms with Gasteiger partial charge in [0.05, 0.1) is 6.04 Å². The lowest BCUT2D eigenvalue weighted by Crippen LogP contribution is -2.50. The Balaban J connectivity index is 1.98. The summed E-state index contributed by atoms with van der Waals surface area (Å²) in [6.45, 7) is 2.51. The molecule has 0 saturated carbocycles. The molecule has 2 rings (SSSR count). The maximum absolute atomic E-state index is 12.7. The van der Waals surface area contributed by atoms with Gasteiger partial charge in [-0.2, -0.15) is 11.8 Å². The minimum absolute atomic E-state index is 0.152. The van der Waals surface area contributed by atoms with Crippen molar-refractivity contribution in [3.8, 4) is 0 Å². The van der Waals surface area contributed by atoms with E-state index in [1.54, 1.807) is 0 Å². The van der Waals surface area contributed by atoms with E-state index in [9.17, 15) is 4.79 Å². The molecule has 2 N–H and O–H groups in total. The molecule has 0 aromatic heterocycles. The maximum Gasteiger partial charge on any atom is 0.240 e. The second-order valence-corrected chi connectivity index (χ2v) is 6.44. The number of aliphatic hydroxyl groups is 1. The van der Waals surface area contributed by atoms with E-state index < -0.39 is 0 Å². The van der Waals surface area contributed by atoms with E-state index in [2.05, 4.69) is 17.4 Å². The van der Waals surface area contributed by atoms with Crippen molar-refractivity contribution in [3.05, 3.63) is 35.9 Å². The van der Waals surface area contributed by atoms with Gasteiger partial charge < -0.3 is 15.3 Å². The van der Waals surface area contributed by atoms with Gasteiger partial charge in [-0.1, -0.05) is 30.3 Å². The number of hydrogen-bond donors (Lipinski definition) is 2. The van der Waals surface area contributed by atoms with E-state index in [1.165, 1.54) is 5.56 Å². The first kappa shape index (κ1) is 16.3. The van der Waals surface area contributed by atoms with Gasteiger partial charge in [0.15, 0.2) is 0 Å². The molecule has 21 heavy (non-hydrogen) atoms. The lowest BCUT2D eigenvalue weighted by molar-refractivity contribution is -0.133. The van der Waals surface area contributed by atoms with E-state index in [1.807, 2.05) is 34.9 Å². The molecule has 0 unspecified atom stereocenters. The van der Waals surface area contributed by atoms with E-state index in [0.717, 1.165) is 24.6 Å². The van der Waals surface area contributed by atoms with Gasteiger partial charge in [0.1, 0.15) is 0 Å². The second kappa shape index (κ2) is 9.07. The van der Waals surface area contributed by atoms with Gasteiger partial charge in [-0.25, -0.2) is 0 Å². The molecule has 1 heterocycles. The predicted molar refractivity (Wildman–Crippen MR) is 87.5 cm³/mol. The molecule has 1 amide bonds. The molecular formula is C16H24N2O2S. The molecule has 0 bridgehead atoms. The summed E-state index contributed by atoms with van der Waals surface area (Å²) in [6.07, 6.45) is 1.38. The van der Waals surface area contributed by atoms with Crippen LogP contribution in [-0.4, -0.2) is 59.7 Å². The minimum Gasteiger partial charge on any atom is -0.396 e. The van der Waals surface area contributed by atoms with Crippen LogP contribution in [0.15, 0.2) is 30.3 Å². The smallest absolute Gasteiger partial charge is 0.240 e. The minimum atomic E-state index is -0.193. The van der Waals surface area contributed by atoms with Gasteiger partial charge in [0.25, 0.3) is 0 Å². The summed E-state index contributed by atoms with van der Waals surface area (Å²) in [7, 11) is 0. The first-order chi connectivity index (χ1) is 10.3. The van der Waals surface area contributed by atoms with E-state index in [0.29, 0.717) is 19.4 Å². The Kier molecular flexibility index (Phi) is 7.06. The van der Waals surface area contributed by atoms with Crippen molar-refractivity contribution >= 4 is 17.7 Å². The molecule has 1 fully saturated rings. The van der Waals surface area contributed by atoms with Crippen molar-refractivity contribution in [2.75, 3.05) is 37.7 Å². The van der Waals surface area contributed by atoms with Crippen LogP contribution in [0, 0.1) is 0 Å². The SMILES string of the molecule is O=C([C@H](Cc1ccccc1)NCCCO)N1CCSCC1. The number of amides is 1. The predicted octanol–water partition coefficient (Wildman–Crippen LogP) is 1.15. The Morgan fingerprint density at radius 3 is 2.67 bits per heavy atom. The molecule has 0 aliphatic carbocycles. The van der Waals surface area contributed by atoms with Crippen LogP contribution in [0.4, 0.5) is 0 Å². The van der Waals surface area contributed by atoms with E-state index in [4.69, 9.17) is 5.11 Å². The molecule has 0 spiro atoms. The number of nitrogens with one attached hydrogen (secondary N) is 1. The molecule has 4 nitrogen and oxygen atoms in total. The largest absolute Gasteiger partial charge is 0.396 e. The molecule has 0 radical (unpaired) electrons. The monoisotopic (exact) mass is 308 g/mol. The van der Waals surface area contributed by atoms with Crippen LogP contribution in [0.3, 0.4) is 0 Å². The first-order valence-corrected chi connectivity index (χ1v) is 8.71. The highest BCUT2D eigenvalue weighted by molar-refractivity contribution is 7.99. The van der Waals surface area contributed by atoms with Gasteiger partial charge in [0, 0.05) is 31.2 Å². The Hall–Kier alpha value is -1.04. The van der Waals surface area contributed by atoms with Crippen molar-refractivity contribution in [3.63, 3.8) is 0 Å². The lowest BCUT2D eigenvalue weighted by atomic mass is 10.0. The van der Waals surface area contributed by atoms with Gasteiger partial charge in [-0.3, -0.25) is 4.79 Å². The fourth-order valence-electron chi connectivity index (χ4n) is 2.46. The molecule has 5 heteroatoms. The normalized spacial score (nSPS) is 16.7. The molecular weight excluding hydrogens is 284 g/mol. The average Bonchev–Trinajstić information content (AvgIpc) is 2.55. The molecule has 116 valence electrons. The molecule has 1 aromatic carbocycles. The summed E-state index contributed by atoms with van der Waals surface area (Å²) in [4.78, 5) is 14.7. The van der Waals surface area contributed by atoms with Crippen LogP contribution in [0.25, 0.3) is 0 Å². The third-order valence-corrected chi connectivity index (χ3v) is 4.57. The number of rotatable bonds is 7. The topological polar surface area (TPSA) is 52.6 Å². The molecule has 1 aliphatic rings. The van der Waals surface area contributed by atoms with Crippen molar-refractivity contribution in [1.29, 1.82) is 0 Å². The Morgan fingerprint density at radius 1 is 1.29 bits per heavy atom. The van der Waals surface area contributed by atoms with Crippen LogP contribution in [0.1, 0.15) is 12.0 Å². The van der Waals surface area contributed by atoms with Crippen LogP contribution in [0.2, 0.25) is 0 Å². The van der Waals surface area contributed by atoms with Gasteiger partial charge >= 0.3 is 0 Å². The van der Waals surface area contributed by atoms with Crippen LogP contribution >= 0.6 is 11.8 Å². The highest BCUT2D eigenvalue weighted by Crippen LogP contribution is 2.12. The number of thioether (sulfide) groups is 1. The molecule has 1 atom stereocenters. The van der Waals surface area contributed by atoms with Crippen LogP contribution in [0.5, 0.6) is 0 Å². The molecule has 1 aliphatic heterocycles. The fourth-order valence-corrected chi connectivity index (χ4v) is 3.36. The quantitative estimate of drug-likeness (QED) is 0.742. The Bertz CT molecular complexity index is 422. The zero-order chi connectivity index (χ0) is 14.9. The summed E-state index contributed by atoms with van der Waals surface area (Å²) in [5.74, 6) is 2.25. The Labute approximate surface area is 130 Å². The fraction of sp³-hybridized carbons (Fsp3) is 0.562. The summed E-state index contributed by atoms with van der Waals surface area (Å²) < 4.78 is 0. The van der Waals surface area contributed by atoms with Crippen molar-refractivity contribution < 1.29 is 9.90 Å². The number of benzene rings is 1. The maximum atomic E-state index is 12.7. The van der Waals surface area contributed by atoms with Crippen molar-refractivity contribution in [2.45, 2.75) is 18.9 Å². The first-order valence-electron chi connectivity index (χ1n) is 7.56. The Morgan fingerprint density at radius 2 is 2.00 bits per heavy atom. The summed E-state index contributed by atoms with van der Waals surface area (Å²) in [6, 6.07) is 9.91.